The molecule has 2 heterocycles. The smallest absolute Gasteiger partial charge is 0.355 e. The van der Waals surface area contributed by atoms with Gasteiger partial charge in [0.2, 0.25) is 5.13 Å². The van der Waals surface area contributed by atoms with Crippen molar-refractivity contribution in [3.63, 3.8) is 0 Å². The van der Waals surface area contributed by atoms with Gasteiger partial charge in [0, 0.05) is 17.0 Å². The molecule has 252 valence electrons. The van der Waals surface area contributed by atoms with E-state index in [0.29, 0.717) is 58.6 Å². The van der Waals surface area contributed by atoms with Gasteiger partial charge in [-0.05, 0) is 95.9 Å². The Bertz CT molecular complexity index is 1840. The number of aromatic nitrogens is 2. The molecule has 0 atom stereocenters. The minimum absolute atomic E-state index is 0.0753. The van der Waals surface area contributed by atoms with Crippen molar-refractivity contribution >= 4 is 60.8 Å². The molecule has 0 aliphatic rings. The summed E-state index contributed by atoms with van der Waals surface area (Å²) in [6.45, 7) is 3.63. The van der Waals surface area contributed by atoms with Crippen LogP contribution in [0, 0.1) is 23.1 Å². The van der Waals surface area contributed by atoms with Crippen LogP contribution in [-0.2, 0) is 6.42 Å². The van der Waals surface area contributed by atoms with Crippen LogP contribution in [0.3, 0.4) is 0 Å². The lowest BCUT2D eigenvalue weighted by molar-refractivity contribution is 0.0690. The van der Waals surface area contributed by atoms with Gasteiger partial charge in [0.05, 0.1) is 23.4 Å². The molecule has 0 unspecified atom stereocenters. The van der Waals surface area contributed by atoms with Crippen LogP contribution in [-0.4, -0.2) is 85.0 Å². The summed E-state index contributed by atoms with van der Waals surface area (Å²) in [7, 11) is 5.71. The predicted molar refractivity (Wildman–Crippen MR) is 193 cm³/mol. The fraction of sp³-hybridized carbons (Fsp3) is 0.324. The van der Waals surface area contributed by atoms with E-state index in [1.54, 1.807) is 31.0 Å². The molecule has 0 spiro atoms. The number of hydrogen-bond acceptors (Lipinski definition) is 10. The Labute approximate surface area is 287 Å². The van der Waals surface area contributed by atoms with Crippen LogP contribution in [0.2, 0.25) is 0 Å². The van der Waals surface area contributed by atoms with Crippen LogP contribution in [0.15, 0.2) is 59.1 Å². The van der Waals surface area contributed by atoms with E-state index in [-0.39, 0.29) is 29.7 Å². The van der Waals surface area contributed by atoms with Crippen LogP contribution in [0.25, 0.3) is 10.2 Å². The Morgan fingerprint density at radius 2 is 1.98 bits per heavy atom. The molecule has 14 heteroatoms. The minimum Gasteiger partial charge on any atom is -0.491 e. The Balaban J connectivity index is 1.48. The molecule has 0 radical (unpaired) electrons. The molecule has 0 saturated heterocycles. The second kappa shape index (κ2) is 17.5. The number of benzene rings is 2. The zero-order chi connectivity index (χ0) is 34.6. The number of aryl methyl sites for hydroxylation is 1. The summed E-state index contributed by atoms with van der Waals surface area (Å²) in [4.78, 5) is 29.9. The van der Waals surface area contributed by atoms with Crippen molar-refractivity contribution in [1.29, 1.82) is 5.41 Å². The molecular weight excluding hydrogens is 652 g/mol. The van der Waals surface area contributed by atoms with E-state index < -0.39 is 11.8 Å². The Kier molecular flexibility index (Phi) is 13.2. The van der Waals surface area contributed by atoms with Crippen molar-refractivity contribution in [2.24, 2.45) is 10.7 Å². The maximum Gasteiger partial charge on any atom is 0.355 e. The highest BCUT2D eigenvalue weighted by atomic mass is 32.1. The standard InChI is InChI=1S/C34H39FN8O3S2/c1-22(31(37)41-33-39-25-11-5-6-12-27(25)47-33)20-29(36)43(18-9-17-42(3)4)34-40-30(32(44)45)28(48-34)13-8-19-46-26-15-14-23(21-24(26)35)10-7-16-38-2/h5-6,11-12,14-15,20-21,36,38H,8-9,13,16-19H2,1-4H3,(H,44,45)(H2,37,39,41)/b22-20-,36-29?. The Hall–Kier alpha value is -4.68. The molecule has 4 rings (SSSR count). The van der Waals surface area contributed by atoms with E-state index in [0.717, 1.165) is 16.8 Å². The van der Waals surface area contributed by atoms with E-state index in [9.17, 15) is 14.3 Å². The van der Waals surface area contributed by atoms with Crippen LogP contribution in [0.1, 0.15) is 40.7 Å². The number of aromatic carboxylic acids is 1. The first-order valence-corrected chi connectivity index (χ1v) is 16.9. The monoisotopic (exact) mass is 690 g/mol. The molecule has 48 heavy (non-hydrogen) atoms. The number of hydrogen-bond donors (Lipinski definition) is 4. The molecule has 0 amide bonds. The summed E-state index contributed by atoms with van der Waals surface area (Å²) < 4.78 is 21.2. The molecular formula is C34H39FN8O3S2. The minimum atomic E-state index is -1.16. The lowest BCUT2D eigenvalue weighted by atomic mass is 10.2. The normalized spacial score (nSPS) is 11.9. The average molecular weight is 691 g/mol. The molecule has 0 fully saturated rings. The molecule has 0 aliphatic heterocycles. The summed E-state index contributed by atoms with van der Waals surface area (Å²) in [6.07, 6.45) is 3.09. The third-order valence-electron chi connectivity index (χ3n) is 6.89. The van der Waals surface area contributed by atoms with E-state index in [2.05, 4.69) is 32.1 Å². The zero-order valence-corrected chi connectivity index (χ0v) is 29.0. The first-order valence-electron chi connectivity index (χ1n) is 15.2. The van der Waals surface area contributed by atoms with Crippen molar-refractivity contribution < 1.29 is 19.0 Å². The Morgan fingerprint density at radius 1 is 1.19 bits per heavy atom. The number of aliphatic imine (C=N–C) groups is 1. The largest absolute Gasteiger partial charge is 0.491 e. The van der Waals surface area contributed by atoms with Crippen LogP contribution in [0.4, 0.5) is 14.7 Å². The topological polar surface area (TPSA) is 153 Å². The van der Waals surface area contributed by atoms with Gasteiger partial charge in [-0.15, -0.1) is 11.3 Å². The van der Waals surface area contributed by atoms with Gasteiger partial charge >= 0.3 is 5.97 Å². The number of carbonyl (C=O) groups is 1. The van der Waals surface area contributed by atoms with E-state index in [1.807, 2.05) is 43.3 Å². The highest BCUT2D eigenvalue weighted by molar-refractivity contribution is 7.22. The number of nitrogens with two attached hydrogens (primary N) is 1. The number of ether oxygens (including phenoxy) is 1. The molecule has 0 bridgehead atoms. The lowest BCUT2D eigenvalue weighted by Crippen LogP contribution is -2.32. The second-order valence-electron chi connectivity index (χ2n) is 11.0. The number of carboxylic acid groups (broad SMARTS) is 1. The number of anilines is 1. The number of carboxylic acids is 1. The predicted octanol–water partition coefficient (Wildman–Crippen LogP) is 5.54. The second-order valence-corrected chi connectivity index (χ2v) is 13.1. The number of nitrogens with one attached hydrogen (secondary N) is 2. The summed E-state index contributed by atoms with van der Waals surface area (Å²) in [5.41, 5.74) is 8.18. The Morgan fingerprint density at radius 3 is 2.69 bits per heavy atom. The maximum atomic E-state index is 14.5. The molecule has 5 N–H and O–H groups in total. The van der Waals surface area contributed by atoms with Crippen molar-refractivity contribution in [3.8, 4) is 17.6 Å². The fourth-order valence-electron chi connectivity index (χ4n) is 4.46. The number of fused-ring (bicyclic) bond motifs is 1. The summed E-state index contributed by atoms with van der Waals surface area (Å²) in [6, 6.07) is 12.3. The lowest BCUT2D eigenvalue weighted by Gasteiger charge is -2.22. The highest BCUT2D eigenvalue weighted by Crippen LogP contribution is 2.30. The average Bonchev–Trinajstić information content (AvgIpc) is 3.66. The molecule has 0 saturated carbocycles. The van der Waals surface area contributed by atoms with Crippen LogP contribution < -0.4 is 20.7 Å². The van der Waals surface area contributed by atoms with Gasteiger partial charge in [-0.1, -0.05) is 35.3 Å². The van der Waals surface area contributed by atoms with Gasteiger partial charge in [-0.25, -0.2) is 24.1 Å². The third kappa shape index (κ3) is 10.2. The van der Waals surface area contributed by atoms with Crippen molar-refractivity contribution in [3.05, 3.63) is 76.1 Å². The van der Waals surface area contributed by atoms with E-state index >= 15 is 0 Å². The van der Waals surface area contributed by atoms with Crippen molar-refractivity contribution in [1.82, 2.24) is 20.2 Å². The van der Waals surface area contributed by atoms with Crippen molar-refractivity contribution in [2.75, 3.05) is 52.3 Å². The first-order chi connectivity index (χ1) is 23.0. The molecule has 0 aliphatic carbocycles. The van der Waals surface area contributed by atoms with Crippen LogP contribution >= 0.6 is 22.7 Å². The quantitative estimate of drug-likeness (QED) is 0.0545. The molecule has 2 aromatic heterocycles. The van der Waals surface area contributed by atoms with Gasteiger partial charge < -0.3 is 30.7 Å². The van der Waals surface area contributed by atoms with E-state index in [4.69, 9.17) is 15.9 Å². The van der Waals surface area contributed by atoms with Crippen LogP contribution in [0.5, 0.6) is 5.75 Å². The van der Waals surface area contributed by atoms with Gasteiger partial charge in [0.15, 0.2) is 22.4 Å². The number of nitrogens with zero attached hydrogens (tertiary/aromatic N) is 5. The number of halogens is 1. The van der Waals surface area contributed by atoms with Crippen molar-refractivity contribution in [2.45, 2.75) is 26.2 Å². The molecule has 11 nitrogen and oxygen atoms in total. The number of thiazole rings is 2. The molecule has 2 aromatic carbocycles. The summed E-state index contributed by atoms with van der Waals surface area (Å²) in [5, 5.41) is 22.7. The number of amidine groups is 2. The summed E-state index contributed by atoms with van der Waals surface area (Å²) in [5.74, 6) is 4.52. The third-order valence-corrected chi connectivity index (χ3v) is 8.96. The molecule has 4 aromatic rings. The van der Waals surface area contributed by atoms with Gasteiger partial charge in [0.1, 0.15) is 11.7 Å². The zero-order valence-electron chi connectivity index (χ0n) is 27.3. The van der Waals surface area contributed by atoms with Gasteiger partial charge in [-0.2, -0.15) is 0 Å². The fourth-order valence-corrected chi connectivity index (χ4v) is 6.44. The van der Waals surface area contributed by atoms with E-state index in [1.165, 1.54) is 34.8 Å². The summed E-state index contributed by atoms with van der Waals surface area (Å²) >= 11 is 2.64. The number of para-hydroxylation sites is 1. The SMILES string of the molecule is CNCC#Cc1ccc(OCCCc2sc(N(CCCN(C)C)C(=N)/C=C(/C)C(N)=Nc3nc4ccccc4s3)nc2C(=O)O)c(F)c1. The highest BCUT2D eigenvalue weighted by Gasteiger charge is 2.23. The van der Waals surface area contributed by atoms with Gasteiger partial charge in [-0.3, -0.25) is 5.41 Å². The first kappa shape index (κ1) is 36.2. The number of rotatable bonds is 15. The maximum absolute atomic E-state index is 14.5. The van der Waals surface area contributed by atoms with Gasteiger partial charge in [0.25, 0.3) is 0 Å².